The Morgan fingerprint density at radius 1 is 1.20 bits per heavy atom. The Kier molecular flexibility index (Phi) is 4.76. The molecule has 130 valence electrons. The normalized spacial score (nSPS) is 20.9. The number of carbonyl (C=O) groups excluding carboxylic acids is 2. The number of thiazole rings is 1. The lowest BCUT2D eigenvalue weighted by Crippen LogP contribution is -2.47. The molecule has 2 fully saturated rings. The Labute approximate surface area is 154 Å². The van der Waals surface area contributed by atoms with E-state index < -0.39 is 0 Å². The summed E-state index contributed by atoms with van der Waals surface area (Å²) in [5, 5.41) is 0.809. The second-order valence-electron chi connectivity index (χ2n) is 6.21. The Morgan fingerprint density at radius 2 is 2.00 bits per heavy atom. The van der Waals surface area contributed by atoms with Crippen LogP contribution >= 0.6 is 23.1 Å². The number of aromatic nitrogens is 1. The molecule has 2 aliphatic rings. The number of rotatable bonds is 3. The molecule has 5 nitrogen and oxygen atoms in total. The molecule has 0 saturated carbocycles. The summed E-state index contributed by atoms with van der Waals surface area (Å²) in [5.74, 6) is 1.26. The molecule has 2 amide bonds. The van der Waals surface area contributed by atoms with Crippen LogP contribution in [0.1, 0.15) is 17.8 Å². The number of fused-ring (bicyclic) bond motifs is 1. The predicted octanol–water partition coefficient (Wildman–Crippen LogP) is 2.83. The summed E-state index contributed by atoms with van der Waals surface area (Å²) in [6, 6.07) is 7.60. The number of hydrogen-bond donors (Lipinski definition) is 0. The molecule has 2 aromatic rings. The fourth-order valence-corrected chi connectivity index (χ4v) is 5.24. The molecule has 0 spiro atoms. The fourth-order valence-electron chi connectivity index (χ4n) is 3.21. The lowest BCUT2D eigenvalue weighted by Gasteiger charge is -2.26. The van der Waals surface area contributed by atoms with Crippen molar-refractivity contribution in [3.05, 3.63) is 35.3 Å². The molecule has 0 bridgehead atoms. The lowest BCUT2D eigenvalue weighted by molar-refractivity contribution is -0.140. The summed E-state index contributed by atoms with van der Waals surface area (Å²) < 4.78 is 1.11. The van der Waals surface area contributed by atoms with Crippen LogP contribution in [0.3, 0.4) is 0 Å². The molecule has 1 unspecified atom stereocenters. The van der Waals surface area contributed by atoms with E-state index in [-0.39, 0.29) is 17.9 Å². The topological polar surface area (TPSA) is 53.5 Å². The van der Waals surface area contributed by atoms with Gasteiger partial charge in [0.25, 0.3) is 0 Å². The van der Waals surface area contributed by atoms with Crippen LogP contribution in [-0.2, 0) is 9.59 Å². The first-order valence-corrected chi connectivity index (χ1v) is 10.4. The fraction of sp³-hybridized carbons (Fsp3) is 0.389. The minimum atomic E-state index is -0.324. The zero-order valence-electron chi connectivity index (χ0n) is 13.8. The number of thioether (sulfide) groups is 1. The summed E-state index contributed by atoms with van der Waals surface area (Å²) in [6.45, 7) is 1.65. The van der Waals surface area contributed by atoms with Crippen LogP contribution in [0, 0.1) is 0 Å². The van der Waals surface area contributed by atoms with Crippen LogP contribution in [-0.4, -0.2) is 57.4 Å². The predicted molar refractivity (Wildman–Crippen MR) is 102 cm³/mol. The molecule has 7 heteroatoms. The van der Waals surface area contributed by atoms with Gasteiger partial charge in [0.2, 0.25) is 11.8 Å². The largest absolute Gasteiger partial charge is 0.341 e. The standard InChI is InChI=1S/C18H19N3O2S2/c22-17(8-7-16-19-13-5-1-2-6-15(13)25-16)21-12-24-11-14(21)18(23)20-9-3-4-10-20/h1-2,5-8,14H,3-4,9-12H2. The first-order valence-electron chi connectivity index (χ1n) is 8.43. The Bertz CT molecular complexity index is 794. The Hall–Kier alpha value is -1.86. The van der Waals surface area contributed by atoms with Gasteiger partial charge in [-0.2, -0.15) is 0 Å². The summed E-state index contributed by atoms with van der Waals surface area (Å²) in [6.07, 6.45) is 5.44. The van der Waals surface area contributed by atoms with Gasteiger partial charge in [-0.1, -0.05) is 12.1 Å². The van der Waals surface area contributed by atoms with Crippen LogP contribution in [0.4, 0.5) is 0 Å². The SMILES string of the molecule is O=C(C1CSCN1C(=O)C=Cc1nc2ccccc2s1)N1CCCC1. The zero-order valence-corrected chi connectivity index (χ0v) is 15.4. The maximum Gasteiger partial charge on any atom is 0.248 e. The second-order valence-corrected chi connectivity index (χ2v) is 8.27. The van der Waals surface area contributed by atoms with E-state index in [1.54, 1.807) is 40.2 Å². The van der Waals surface area contributed by atoms with Gasteiger partial charge in [0, 0.05) is 24.9 Å². The van der Waals surface area contributed by atoms with Gasteiger partial charge in [-0.25, -0.2) is 4.98 Å². The van der Waals surface area contributed by atoms with E-state index in [2.05, 4.69) is 4.98 Å². The summed E-state index contributed by atoms with van der Waals surface area (Å²) in [7, 11) is 0. The van der Waals surface area contributed by atoms with Crippen LogP contribution < -0.4 is 0 Å². The van der Waals surface area contributed by atoms with E-state index in [0.717, 1.165) is 41.2 Å². The van der Waals surface area contributed by atoms with Gasteiger partial charge in [-0.3, -0.25) is 9.59 Å². The molecule has 1 aromatic heterocycles. The monoisotopic (exact) mass is 373 g/mol. The number of benzene rings is 1. The minimum absolute atomic E-state index is 0.101. The molecule has 4 rings (SSSR count). The first kappa shape index (κ1) is 16.6. The molecule has 0 N–H and O–H groups in total. The highest BCUT2D eigenvalue weighted by atomic mass is 32.2. The van der Waals surface area contributed by atoms with E-state index in [4.69, 9.17) is 0 Å². The molecule has 2 aliphatic heterocycles. The number of amides is 2. The van der Waals surface area contributed by atoms with Crippen molar-refractivity contribution < 1.29 is 9.59 Å². The zero-order chi connectivity index (χ0) is 17.2. The molecule has 0 radical (unpaired) electrons. The third kappa shape index (κ3) is 3.43. The summed E-state index contributed by atoms with van der Waals surface area (Å²) in [4.78, 5) is 33.3. The molecule has 3 heterocycles. The highest BCUT2D eigenvalue weighted by Crippen LogP contribution is 2.25. The van der Waals surface area contributed by atoms with Gasteiger partial charge in [-0.05, 0) is 31.1 Å². The molecule has 0 aliphatic carbocycles. The van der Waals surface area contributed by atoms with Crippen molar-refractivity contribution in [1.29, 1.82) is 0 Å². The smallest absolute Gasteiger partial charge is 0.248 e. The van der Waals surface area contributed by atoms with Crippen molar-refractivity contribution in [3.8, 4) is 0 Å². The quantitative estimate of drug-likeness (QED) is 0.777. The van der Waals surface area contributed by atoms with Crippen LogP contribution in [0.2, 0.25) is 0 Å². The third-order valence-corrected chi connectivity index (χ3v) is 6.56. The maximum absolute atomic E-state index is 12.6. The Balaban J connectivity index is 1.46. The number of hydrogen-bond acceptors (Lipinski definition) is 5. The summed E-state index contributed by atoms with van der Waals surface area (Å²) >= 11 is 3.20. The van der Waals surface area contributed by atoms with E-state index in [9.17, 15) is 9.59 Å². The van der Waals surface area contributed by atoms with Crippen molar-refractivity contribution in [3.63, 3.8) is 0 Å². The van der Waals surface area contributed by atoms with Gasteiger partial charge < -0.3 is 9.80 Å². The minimum Gasteiger partial charge on any atom is -0.341 e. The maximum atomic E-state index is 12.6. The van der Waals surface area contributed by atoms with Crippen molar-refractivity contribution >= 4 is 51.2 Å². The number of nitrogens with zero attached hydrogens (tertiary/aromatic N) is 3. The molecular formula is C18H19N3O2S2. The summed E-state index contributed by atoms with van der Waals surface area (Å²) in [5.41, 5.74) is 0.943. The first-order chi connectivity index (χ1) is 12.2. The van der Waals surface area contributed by atoms with Crippen molar-refractivity contribution in [1.82, 2.24) is 14.8 Å². The van der Waals surface area contributed by atoms with E-state index in [1.807, 2.05) is 29.2 Å². The molecule has 2 saturated heterocycles. The number of carbonyl (C=O) groups is 2. The van der Waals surface area contributed by atoms with E-state index in [1.165, 1.54) is 0 Å². The Morgan fingerprint density at radius 3 is 2.80 bits per heavy atom. The van der Waals surface area contributed by atoms with Gasteiger partial charge in [0.1, 0.15) is 11.0 Å². The van der Waals surface area contributed by atoms with E-state index in [0.29, 0.717) is 11.6 Å². The van der Waals surface area contributed by atoms with Gasteiger partial charge in [-0.15, -0.1) is 23.1 Å². The molecular weight excluding hydrogens is 354 g/mol. The highest BCUT2D eigenvalue weighted by molar-refractivity contribution is 7.99. The van der Waals surface area contributed by atoms with Gasteiger partial charge >= 0.3 is 0 Å². The second kappa shape index (κ2) is 7.17. The number of para-hydroxylation sites is 1. The van der Waals surface area contributed by atoms with Gasteiger partial charge in [0.05, 0.1) is 16.1 Å². The van der Waals surface area contributed by atoms with Crippen molar-refractivity contribution in [2.24, 2.45) is 0 Å². The van der Waals surface area contributed by atoms with Crippen LogP contribution in [0.25, 0.3) is 16.3 Å². The number of likely N-dealkylation sites (tertiary alicyclic amines) is 1. The van der Waals surface area contributed by atoms with Crippen LogP contribution in [0.15, 0.2) is 30.3 Å². The van der Waals surface area contributed by atoms with Crippen LogP contribution in [0.5, 0.6) is 0 Å². The van der Waals surface area contributed by atoms with E-state index >= 15 is 0 Å². The van der Waals surface area contributed by atoms with Crippen molar-refractivity contribution in [2.45, 2.75) is 18.9 Å². The highest BCUT2D eigenvalue weighted by Gasteiger charge is 2.36. The molecule has 1 aromatic carbocycles. The third-order valence-electron chi connectivity index (χ3n) is 4.55. The lowest BCUT2D eigenvalue weighted by atomic mass is 10.2. The average molecular weight is 374 g/mol. The molecule has 1 atom stereocenters. The van der Waals surface area contributed by atoms with Gasteiger partial charge in [0.15, 0.2) is 0 Å². The van der Waals surface area contributed by atoms with Crippen molar-refractivity contribution in [2.75, 3.05) is 24.7 Å². The molecule has 25 heavy (non-hydrogen) atoms. The average Bonchev–Trinajstić information content (AvgIpc) is 3.38.